The maximum atomic E-state index is 9.24. The lowest BCUT2D eigenvalue weighted by molar-refractivity contribution is -0.0312. The van der Waals surface area contributed by atoms with E-state index >= 15 is 0 Å². The number of aliphatic hydroxyl groups excluding tert-OH is 3. The first-order chi connectivity index (χ1) is 6.60. The third-order valence-electron chi connectivity index (χ3n) is 1.45. The zero-order chi connectivity index (χ0) is 12.6. The van der Waals surface area contributed by atoms with E-state index < -0.39 is 20.8 Å². The van der Waals surface area contributed by atoms with Crippen LogP contribution in [0.15, 0.2) is 0 Å². The van der Waals surface area contributed by atoms with Crippen molar-refractivity contribution >= 4 is 8.60 Å². The zero-order valence-electron chi connectivity index (χ0n) is 9.20. The molecule has 0 heterocycles. The molecule has 2 atom stereocenters. The molecule has 0 aliphatic rings. The highest BCUT2D eigenvalue weighted by Crippen LogP contribution is 2.21. The van der Waals surface area contributed by atoms with Crippen LogP contribution in [0.3, 0.4) is 0 Å². The number of hydrogen-bond donors (Lipinski definition) is 6. The Labute approximate surface area is 90.8 Å². The van der Waals surface area contributed by atoms with Crippen molar-refractivity contribution in [2.75, 3.05) is 6.61 Å². The van der Waals surface area contributed by atoms with E-state index in [0.29, 0.717) is 6.42 Å². The lowest BCUT2D eigenvalue weighted by Gasteiger charge is -2.24. The van der Waals surface area contributed by atoms with Gasteiger partial charge in [0.25, 0.3) is 0 Å². The first kappa shape index (κ1) is 17.6. The van der Waals surface area contributed by atoms with Gasteiger partial charge in [0.1, 0.15) is 6.10 Å². The molecule has 0 aliphatic carbocycles. The van der Waals surface area contributed by atoms with Gasteiger partial charge in [0.2, 0.25) is 0 Å². The molecule has 6 nitrogen and oxygen atoms in total. The Hall–Kier alpha value is 0.190. The highest BCUT2D eigenvalue weighted by Gasteiger charge is 2.22. The van der Waals surface area contributed by atoms with Gasteiger partial charge >= 0.3 is 8.60 Å². The highest BCUT2D eigenvalue weighted by atomic mass is 31.2. The lowest BCUT2D eigenvalue weighted by atomic mass is 9.88. The van der Waals surface area contributed by atoms with E-state index in [1.165, 1.54) is 0 Å². The molecule has 2 unspecified atom stereocenters. The monoisotopic (exact) mass is 244 g/mol. The van der Waals surface area contributed by atoms with Gasteiger partial charge in [-0.05, 0) is 11.8 Å². The fourth-order valence-electron chi connectivity index (χ4n) is 0.885. The molecule has 0 saturated heterocycles. The normalized spacial score (nSPS) is 15.6. The average molecular weight is 244 g/mol. The van der Waals surface area contributed by atoms with Gasteiger partial charge in [-0.1, -0.05) is 20.8 Å². The molecule has 94 valence electrons. The largest absolute Gasteiger partial charge is 0.394 e. The fourth-order valence-corrected chi connectivity index (χ4v) is 0.885. The predicted octanol–water partition coefficient (Wildman–Crippen LogP) is -0.673. The van der Waals surface area contributed by atoms with Crippen molar-refractivity contribution in [2.24, 2.45) is 5.41 Å². The summed E-state index contributed by atoms with van der Waals surface area (Å²) in [7, 11) is -2.62. The minimum absolute atomic E-state index is 0.0183. The predicted molar refractivity (Wildman–Crippen MR) is 56.7 cm³/mol. The van der Waals surface area contributed by atoms with Crippen LogP contribution in [0.5, 0.6) is 0 Å². The summed E-state index contributed by atoms with van der Waals surface area (Å²) in [5.41, 5.74) is -0.0183. The Morgan fingerprint density at radius 3 is 1.53 bits per heavy atom. The van der Waals surface area contributed by atoms with Crippen molar-refractivity contribution in [3.05, 3.63) is 0 Å². The lowest BCUT2D eigenvalue weighted by Crippen LogP contribution is -2.32. The maximum Gasteiger partial charge on any atom is 0.324 e. The van der Waals surface area contributed by atoms with E-state index in [1.54, 1.807) is 0 Å². The van der Waals surface area contributed by atoms with Crippen LogP contribution in [0.1, 0.15) is 27.2 Å². The van der Waals surface area contributed by atoms with Gasteiger partial charge in [0.15, 0.2) is 0 Å². The van der Waals surface area contributed by atoms with Gasteiger partial charge in [-0.3, -0.25) is 0 Å². The summed E-state index contributed by atoms with van der Waals surface area (Å²) in [6.45, 7) is 5.54. The fraction of sp³-hybridized carbons (Fsp3) is 1.00. The molecule has 6 N–H and O–H groups in total. The number of aliphatic hydroxyl groups is 3. The molecule has 0 fully saturated rings. The van der Waals surface area contributed by atoms with Crippen LogP contribution in [0.2, 0.25) is 0 Å². The van der Waals surface area contributed by atoms with E-state index in [0.717, 1.165) is 0 Å². The smallest absolute Gasteiger partial charge is 0.324 e. The SMILES string of the molecule is CC(C)(C)CC(O)C(O)CO.OP(O)O. The van der Waals surface area contributed by atoms with E-state index in [2.05, 4.69) is 0 Å². The Morgan fingerprint density at radius 1 is 1.00 bits per heavy atom. The van der Waals surface area contributed by atoms with Crippen molar-refractivity contribution in [1.29, 1.82) is 0 Å². The third-order valence-corrected chi connectivity index (χ3v) is 1.45. The van der Waals surface area contributed by atoms with Crippen molar-refractivity contribution < 1.29 is 30.0 Å². The van der Waals surface area contributed by atoms with Crippen molar-refractivity contribution in [3.63, 3.8) is 0 Å². The first-order valence-electron chi connectivity index (χ1n) is 4.44. The van der Waals surface area contributed by atoms with Gasteiger partial charge in [0.05, 0.1) is 12.7 Å². The van der Waals surface area contributed by atoms with Crippen LogP contribution in [-0.2, 0) is 0 Å². The first-order valence-corrected chi connectivity index (χ1v) is 5.64. The van der Waals surface area contributed by atoms with Gasteiger partial charge in [-0.25, -0.2) is 0 Å². The molecule has 0 radical (unpaired) electrons. The Bertz CT molecular complexity index is 144. The summed E-state index contributed by atoms with van der Waals surface area (Å²) in [5.74, 6) is 0. The Kier molecular flexibility index (Phi) is 9.79. The van der Waals surface area contributed by atoms with Crippen molar-refractivity contribution in [1.82, 2.24) is 0 Å². The highest BCUT2D eigenvalue weighted by molar-refractivity contribution is 7.38. The molecule has 7 heteroatoms. The second-order valence-corrected chi connectivity index (χ2v) is 4.89. The molecule has 0 amide bonds. The molecule has 0 bridgehead atoms. The quantitative estimate of drug-likeness (QED) is 0.366. The second kappa shape index (κ2) is 8.35. The summed E-state index contributed by atoms with van der Waals surface area (Å²) in [6.07, 6.45) is -1.33. The standard InChI is InChI=1S/C8H18O3.H3O3P/c1-8(2,3)4-6(10)7(11)5-9;1-4(2)3/h6-7,9-11H,4-5H2,1-3H3;1-3H. The molecular formula is C8H21O6P. The summed E-state index contributed by atoms with van der Waals surface area (Å²) in [5, 5.41) is 26.7. The molecule has 0 aromatic rings. The molecule has 0 rings (SSSR count). The van der Waals surface area contributed by atoms with Crippen LogP contribution < -0.4 is 0 Å². The Morgan fingerprint density at radius 2 is 1.33 bits per heavy atom. The molecule has 15 heavy (non-hydrogen) atoms. The summed E-state index contributed by atoms with van der Waals surface area (Å²) >= 11 is 0. The molecule has 0 spiro atoms. The minimum Gasteiger partial charge on any atom is -0.394 e. The molecular weight excluding hydrogens is 223 g/mol. The van der Waals surface area contributed by atoms with Gasteiger partial charge in [-0.15, -0.1) is 0 Å². The van der Waals surface area contributed by atoms with Crippen LogP contribution in [-0.4, -0.2) is 48.8 Å². The second-order valence-electron chi connectivity index (χ2n) is 4.35. The minimum atomic E-state index is -2.62. The van der Waals surface area contributed by atoms with E-state index in [1.807, 2.05) is 20.8 Å². The topological polar surface area (TPSA) is 121 Å². The molecule has 0 aliphatic heterocycles. The summed E-state index contributed by atoms with van der Waals surface area (Å²) in [6, 6.07) is 0. The van der Waals surface area contributed by atoms with E-state index in [4.69, 9.17) is 24.9 Å². The summed E-state index contributed by atoms with van der Waals surface area (Å²) in [4.78, 5) is 21.7. The van der Waals surface area contributed by atoms with Crippen molar-refractivity contribution in [2.45, 2.75) is 39.4 Å². The van der Waals surface area contributed by atoms with Crippen LogP contribution in [0, 0.1) is 5.41 Å². The van der Waals surface area contributed by atoms with E-state index in [-0.39, 0.29) is 12.0 Å². The molecule has 0 aromatic heterocycles. The van der Waals surface area contributed by atoms with Crippen molar-refractivity contribution in [3.8, 4) is 0 Å². The number of hydrogen-bond acceptors (Lipinski definition) is 6. The van der Waals surface area contributed by atoms with Gasteiger partial charge in [0, 0.05) is 0 Å². The molecule has 0 saturated carbocycles. The third kappa shape index (κ3) is 16.8. The van der Waals surface area contributed by atoms with Crippen LogP contribution in [0.4, 0.5) is 0 Å². The van der Waals surface area contributed by atoms with Crippen LogP contribution in [0.25, 0.3) is 0 Å². The summed E-state index contributed by atoms with van der Waals surface area (Å²) < 4.78 is 0. The maximum absolute atomic E-state index is 9.24. The average Bonchev–Trinajstić information content (AvgIpc) is 1.98. The van der Waals surface area contributed by atoms with Gasteiger partial charge in [-0.2, -0.15) is 0 Å². The number of rotatable bonds is 3. The zero-order valence-corrected chi connectivity index (χ0v) is 10.1. The molecule has 0 aromatic carbocycles. The van der Waals surface area contributed by atoms with Crippen LogP contribution >= 0.6 is 8.60 Å². The van der Waals surface area contributed by atoms with Gasteiger partial charge < -0.3 is 30.0 Å². The Balaban J connectivity index is 0. The van der Waals surface area contributed by atoms with E-state index in [9.17, 15) is 5.11 Å².